The van der Waals surface area contributed by atoms with E-state index in [1.165, 1.54) is 0 Å². The highest BCUT2D eigenvalue weighted by Gasteiger charge is 2.29. The van der Waals surface area contributed by atoms with Crippen molar-refractivity contribution in [1.82, 2.24) is 25.0 Å². The minimum Gasteiger partial charge on any atom is -0.351 e. The maximum absolute atomic E-state index is 13.6. The molecule has 0 unspecified atom stereocenters. The molecule has 2 amide bonds. The molecule has 184 valence electrons. The van der Waals surface area contributed by atoms with E-state index in [1.54, 1.807) is 4.68 Å². The number of benzene rings is 2. The van der Waals surface area contributed by atoms with Gasteiger partial charge in [-0.3, -0.25) is 14.3 Å². The van der Waals surface area contributed by atoms with Crippen molar-refractivity contribution in [2.75, 3.05) is 13.1 Å². The molecule has 2 aromatic heterocycles. The number of rotatable bonds is 7. The molecule has 0 bridgehead atoms. The Bertz CT molecular complexity index is 1440. The molecule has 7 heteroatoms. The van der Waals surface area contributed by atoms with Gasteiger partial charge in [-0.1, -0.05) is 62.4 Å². The van der Waals surface area contributed by atoms with Crippen LogP contribution in [-0.4, -0.2) is 44.6 Å². The van der Waals surface area contributed by atoms with Crippen LogP contribution in [-0.2, 0) is 13.6 Å². The molecular formula is C29H31N5O2. The quantitative estimate of drug-likeness (QED) is 0.419. The van der Waals surface area contributed by atoms with Crippen molar-refractivity contribution in [2.24, 2.45) is 7.05 Å². The number of carbonyl (C=O) groups is 2. The number of carbonyl (C=O) groups excluding carboxylic acids is 2. The second-order valence-corrected chi connectivity index (χ2v) is 9.82. The Morgan fingerprint density at radius 2 is 1.81 bits per heavy atom. The highest BCUT2D eigenvalue weighted by atomic mass is 16.2. The standard InChI is InChI=1S/C29H31N5O2/c1-18(2)25-14-24(26-19(3)32-33(4)27(26)31-25)28(35)30-15-22(20-10-6-5-7-11-20)17-34-16-21-12-8-9-13-23(21)29(34)36/h5-14,18,22H,15-17H2,1-4H3,(H,30,35)/t22-/m0/s1. The summed E-state index contributed by atoms with van der Waals surface area (Å²) in [7, 11) is 1.85. The molecule has 0 radical (unpaired) electrons. The minimum absolute atomic E-state index is 0.0428. The van der Waals surface area contributed by atoms with Crippen LogP contribution >= 0.6 is 0 Å². The number of hydrogen-bond donors (Lipinski definition) is 1. The Kier molecular flexibility index (Phi) is 6.31. The zero-order valence-electron chi connectivity index (χ0n) is 21.2. The van der Waals surface area contributed by atoms with E-state index in [-0.39, 0.29) is 23.7 Å². The predicted molar refractivity (Wildman–Crippen MR) is 140 cm³/mol. The van der Waals surface area contributed by atoms with Crippen LogP contribution < -0.4 is 5.32 Å². The molecule has 7 nitrogen and oxygen atoms in total. The largest absolute Gasteiger partial charge is 0.351 e. The van der Waals surface area contributed by atoms with Crippen molar-refractivity contribution in [3.05, 3.63) is 94.3 Å². The molecule has 2 aromatic carbocycles. The molecule has 0 spiro atoms. The van der Waals surface area contributed by atoms with Crippen LogP contribution in [0.2, 0.25) is 0 Å². The first-order valence-corrected chi connectivity index (χ1v) is 12.4. The van der Waals surface area contributed by atoms with Crippen molar-refractivity contribution in [2.45, 2.75) is 39.2 Å². The SMILES string of the molecule is Cc1nn(C)c2nc(C(C)C)cc(C(=O)NC[C@@H](CN3Cc4ccccc4C3=O)c3ccccc3)c12. The number of pyridine rings is 1. The Hall–Kier alpha value is -4.00. The van der Waals surface area contributed by atoms with E-state index in [0.29, 0.717) is 30.8 Å². The number of nitrogens with zero attached hydrogens (tertiary/aromatic N) is 4. The lowest BCUT2D eigenvalue weighted by Crippen LogP contribution is -2.36. The number of aromatic nitrogens is 3. The molecule has 0 aliphatic carbocycles. The molecule has 0 fully saturated rings. The van der Waals surface area contributed by atoms with E-state index in [1.807, 2.05) is 67.4 Å². The fourth-order valence-electron chi connectivity index (χ4n) is 4.99. The third-order valence-corrected chi connectivity index (χ3v) is 6.94. The Balaban J connectivity index is 1.41. The van der Waals surface area contributed by atoms with Gasteiger partial charge in [0.1, 0.15) is 0 Å². The second-order valence-electron chi connectivity index (χ2n) is 9.82. The number of nitrogens with one attached hydrogen (secondary N) is 1. The van der Waals surface area contributed by atoms with Gasteiger partial charge in [-0.15, -0.1) is 0 Å². The number of amides is 2. The zero-order chi connectivity index (χ0) is 25.4. The molecule has 0 saturated carbocycles. The van der Waals surface area contributed by atoms with Crippen LogP contribution in [0, 0.1) is 6.92 Å². The summed E-state index contributed by atoms with van der Waals surface area (Å²) in [5.41, 5.74) is 5.83. The van der Waals surface area contributed by atoms with Gasteiger partial charge in [-0.25, -0.2) is 4.98 Å². The van der Waals surface area contributed by atoms with Crippen LogP contribution in [0.5, 0.6) is 0 Å². The summed E-state index contributed by atoms with van der Waals surface area (Å²) >= 11 is 0. The number of fused-ring (bicyclic) bond motifs is 2. The fraction of sp³-hybridized carbons (Fsp3) is 0.310. The maximum atomic E-state index is 13.6. The smallest absolute Gasteiger partial charge is 0.254 e. The molecule has 4 aromatic rings. The van der Waals surface area contributed by atoms with Crippen molar-refractivity contribution in [3.63, 3.8) is 0 Å². The molecule has 5 rings (SSSR count). The van der Waals surface area contributed by atoms with Gasteiger partial charge in [0.2, 0.25) is 0 Å². The summed E-state index contributed by atoms with van der Waals surface area (Å²) in [5, 5.41) is 8.44. The lowest BCUT2D eigenvalue weighted by molar-refractivity contribution is 0.0767. The van der Waals surface area contributed by atoms with Gasteiger partial charge in [-0.2, -0.15) is 5.10 Å². The van der Waals surface area contributed by atoms with Crippen LogP contribution in [0.15, 0.2) is 60.7 Å². The minimum atomic E-state index is -0.155. The molecular weight excluding hydrogens is 450 g/mol. The Labute approximate surface area is 211 Å². The lowest BCUT2D eigenvalue weighted by atomic mass is 9.97. The van der Waals surface area contributed by atoms with E-state index >= 15 is 0 Å². The lowest BCUT2D eigenvalue weighted by Gasteiger charge is -2.25. The molecule has 1 aliphatic heterocycles. The summed E-state index contributed by atoms with van der Waals surface area (Å²) in [5.74, 6) is 0.0139. The van der Waals surface area contributed by atoms with Gasteiger partial charge in [0.05, 0.1) is 16.6 Å². The third-order valence-electron chi connectivity index (χ3n) is 6.94. The van der Waals surface area contributed by atoms with Crippen LogP contribution in [0.1, 0.15) is 68.9 Å². The monoisotopic (exact) mass is 481 g/mol. The molecule has 0 saturated heterocycles. The average Bonchev–Trinajstić information content (AvgIpc) is 3.36. The van der Waals surface area contributed by atoms with E-state index < -0.39 is 0 Å². The molecule has 1 aliphatic rings. The van der Waals surface area contributed by atoms with E-state index in [2.05, 4.69) is 36.4 Å². The first kappa shape index (κ1) is 23.7. The van der Waals surface area contributed by atoms with Gasteiger partial charge in [0.25, 0.3) is 11.8 Å². The highest BCUT2D eigenvalue weighted by molar-refractivity contribution is 6.06. The van der Waals surface area contributed by atoms with Crippen LogP contribution in [0.3, 0.4) is 0 Å². The fourth-order valence-corrected chi connectivity index (χ4v) is 4.99. The van der Waals surface area contributed by atoms with Crippen molar-refractivity contribution >= 4 is 22.8 Å². The first-order valence-electron chi connectivity index (χ1n) is 12.4. The summed E-state index contributed by atoms with van der Waals surface area (Å²) < 4.78 is 1.73. The molecule has 36 heavy (non-hydrogen) atoms. The first-order chi connectivity index (χ1) is 17.3. The number of hydrogen-bond acceptors (Lipinski definition) is 4. The highest BCUT2D eigenvalue weighted by Crippen LogP contribution is 2.27. The van der Waals surface area contributed by atoms with E-state index in [9.17, 15) is 9.59 Å². The Morgan fingerprint density at radius 1 is 1.08 bits per heavy atom. The second kappa shape index (κ2) is 9.57. The normalized spacial score (nSPS) is 13.9. The average molecular weight is 482 g/mol. The van der Waals surface area contributed by atoms with E-state index in [0.717, 1.165) is 33.5 Å². The topological polar surface area (TPSA) is 80.1 Å². The molecule has 1 N–H and O–H groups in total. The predicted octanol–water partition coefficient (Wildman–Crippen LogP) is 4.57. The summed E-state index contributed by atoms with van der Waals surface area (Å²) in [6, 6.07) is 19.7. The molecule has 1 atom stereocenters. The number of aryl methyl sites for hydroxylation is 2. The van der Waals surface area contributed by atoms with Gasteiger partial charge in [0, 0.05) is 43.9 Å². The van der Waals surface area contributed by atoms with Crippen molar-refractivity contribution < 1.29 is 9.59 Å². The third kappa shape index (κ3) is 4.37. The summed E-state index contributed by atoms with van der Waals surface area (Å²) in [6.07, 6.45) is 0. The maximum Gasteiger partial charge on any atom is 0.254 e. The van der Waals surface area contributed by atoms with Gasteiger partial charge >= 0.3 is 0 Å². The summed E-state index contributed by atoms with van der Waals surface area (Å²) in [6.45, 7) is 7.55. The summed E-state index contributed by atoms with van der Waals surface area (Å²) in [4.78, 5) is 33.2. The zero-order valence-corrected chi connectivity index (χ0v) is 21.2. The van der Waals surface area contributed by atoms with Gasteiger partial charge in [0.15, 0.2) is 5.65 Å². The van der Waals surface area contributed by atoms with Crippen molar-refractivity contribution in [3.8, 4) is 0 Å². The van der Waals surface area contributed by atoms with Crippen LogP contribution in [0.4, 0.5) is 0 Å². The van der Waals surface area contributed by atoms with Crippen LogP contribution in [0.25, 0.3) is 11.0 Å². The van der Waals surface area contributed by atoms with E-state index in [4.69, 9.17) is 4.98 Å². The molecule has 3 heterocycles. The van der Waals surface area contributed by atoms with Crippen molar-refractivity contribution in [1.29, 1.82) is 0 Å². The van der Waals surface area contributed by atoms with Gasteiger partial charge in [-0.05, 0) is 36.1 Å². The van der Waals surface area contributed by atoms with Gasteiger partial charge < -0.3 is 10.2 Å². The Morgan fingerprint density at radius 3 is 2.53 bits per heavy atom.